The lowest BCUT2D eigenvalue weighted by Crippen LogP contribution is -2.09. The van der Waals surface area contributed by atoms with Crippen LogP contribution in [0.25, 0.3) is 10.9 Å². The first kappa shape index (κ1) is 12.3. The van der Waals surface area contributed by atoms with Crippen LogP contribution in [0.1, 0.15) is 31.0 Å². The molecule has 3 nitrogen and oxygen atoms in total. The number of aryl methyl sites for hydroxylation is 1. The van der Waals surface area contributed by atoms with Crippen molar-refractivity contribution < 1.29 is 0 Å². The molecule has 0 aliphatic heterocycles. The maximum absolute atomic E-state index is 5.59. The molecule has 2 aromatic rings. The van der Waals surface area contributed by atoms with Crippen LogP contribution in [-0.4, -0.2) is 4.98 Å². The molecule has 0 bridgehead atoms. The van der Waals surface area contributed by atoms with Gasteiger partial charge >= 0.3 is 0 Å². The average molecular weight is 294 g/mol. The monoisotopic (exact) mass is 293 g/mol. The molecule has 0 fully saturated rings. The summed E-state index contributed by atoms with van der Waals surface area (Å²) in [6, 6.07) is 6.17. The summed E-state index contributed by atoms with van der Waals surface area (Å²) < 4.78 is 1.01. The van der Waals surface area contributed by atoms with Crippen molar-refractivity contribution in [1.29, 1.82) is 0 Å². The fourth-order valence-electron chi connectivity index (χ4n) is 1.86. The number of halogens is 1. The first-order valence-electron chi connectivity index (χ1n) is 5.60. The molecule has 0 saturated carbocycles. The third kappa shape index (κ3) is 2.28. The first-order chi connectivity index (χ1) is 8.02. The van der Waals surface area contributed by atoms with Crippen LogP contribution >= 0.6 is 15.9 Å². The maximum Gasteiger partial charge on any atom is 0.0868 e. The van der Waals surface area contributed by atoms with Crippen LogP contribution in [0.15, 0.2) is 22.7 Å². The second kappa shape index (κ2) is 4.63. The molecule has 0 radical (unpaired) electrons. The van der Waals surface area contributed by atoms with Crippen molar-refractivity contribution in [3.8, 4) is 0 Å². The van der Waals surface area contributed by atoms with E-state index in [1.54, 1.807) is 0 Å². The van der Waals surface area contributed by atoms with Gasteiger partial charge in [0.2, 0.25) is 0 Å². The molecule has 0 aliphatic carbocycles. The zero-order valence-electron chi connectivity index (χ0n) is 10.2. The highest BCUT2D eigenvalue weighted by Crippen LogP contribution is 2.31. The molecule has 1 aromatic carbocycles. The number of hydrogen-bond donors (Lipinski definition) is 2. The van der Waals surface area contributed by atoms with Crippen LogP contribution in [-0.2, 0) is 0 Å². The number of fused-ring (bicyclic) bond motifs is 1. The highest BCUT2D eigenvalue weighted by molar-refractivity contribution is 9.10. The smallest absolute Gasteiger partial charge is 0.0868 e. The normalized spacial score (nSPS) is 11.2. The molecule has 3 N–H and O–H groups in total. The molecule has 1 heterocycles. The van der Waals surface area contributed by atoms with E-state index in [0.29, 0.717) is 5.92 Å². The first-order valence-corrected chi connectivity index (χ1v) is 6.39. The highest BCUT2D eigenvalue weighted by Gasteiger charge is 2.10. The Kier molecular flexibility index (Phi) is 3.35. The fraction of sp³-hybridized carbons (Fsp3) is 0.308. The minimum Gasteiger partial charge on any atom is -0.323 e. The van der Waals surface area contributed by atoms with Gasteiger partial charge in [-0.1, -0.05) is 13.8 Å². The van der Waals surface area contributed by atoms with E-state index < -0.39 is 0 Å². The van der Waals surface area contributed by atoms with E-state index in [9.17, 15) is 0 Å². The number of aromatic nitrogens is 1. The number of hydrogen-bond acceptors (Lipinski definition) is 3. The van der Waals surface area contributed by atoms with Gasteiger partial charge in [0, 0.05) is 15.6 Å². The van der Waals surface area contributed by atoms with Crippen molar-refractivity contribution in [3.05, 3.63) is 33.9 Å². The zero-order chi connectivity index (χ0) is 12.6. The number of benzene rings is 1. The molecule has 4 heteroatoms. The molecule has 0 unspecified atom stereocenters. The van der Waals surface area contributed by atoms with Gasteiger partial charge in [-0.3, -0.25) is 10.8 Å². The number of nitrogens with one attached hydrogen (secondary N) is 1. The number of nitrogen functional groups attached to an aromatic ring is 1. The molecule has 1 aromatic heterocycles. The van der Waals surface area contributed by atoms with Crippen LogP contribution in [0.3, 0.4) is 0 Å². The number of pyridine rings is 1. The molecular weight excluding hydrogens is 278 g/mol. The van der Waals surface area contributed by atoms with Gasteiger partial charge < -0.3 is 5.43 Å². The van der Waals surface area contributed by atoms with Gasteiger partial charge in [0.05, 0.1) is 11.2 Å². The summed E-state index contributed by atoms with van der Waals surface area (Å²) in [6.45, 7) is 6.30. The van der Waals surface area contributed by atoms with Crippen molar-refractivity contribution in [1.82, 2.24) is 4.98 Å². The lowest BCUT2D eigenvalue weighted by Gasteiger charge is -2.12. The Bertz CT molecular complexity index is 564. The van der Waals surface area contributed by atoms with Crippen molar-refractivity contribution in [3.63, 3.8) is 0 Å². The van der Waals surface area contributed by atoms with Gasteiger partial charge in [0.25, 0.3) is 0 Å². The quantitative estimate of drug-likeness (QED) is 0.655. The van der Waals surface area contributed by atoms with Gasteiger partial charge in [0.15, 0.2) is 0 Å². The topological polar surface area (TPSA) is 50.9 Å². The van der Waals surface area contributed by atoms with E-state index in [2.05, 4.69) is 59.2 Å². The van der Waals surface area contributed by atoms with E-state index in [0.717, 1.165) is 26.8 Å². The summed E-state index contributed by atoms with van der Waals surface area (Å²) in [4.78, 5) is 4.68. The fourth-order valence-corrected chi connectivity index (χ4v) is 2.52. The second-order valence-corrected chi connectivity index (χ2v) is 5.39. The van der Waals surface area contributed by atoms with Gasteiger partial charge in [-0.15, -0.1) is 0 Å². The van der Waals surface area contributed by atoms with E-state index in [4.69, 9.17) is 5.84 Å². The summed E-state index contributed by atoms with van der Waals surface area (Å²) in [5, 5.41) is 1.05. The van der Waals surface area contributed by atoms with Crippen LogP contribution in [0, 0.1) is 6.92 Å². The third-order valence-corrected chi connectivity index (χ3v) is 3.38. The van der Waals surface area contributed by atoms with Crippen molar-refractivity contribution in [2.75, 3.05) is 5.43 Å². The Labute approximate surface area is 110 Å². The SMILES string of the molecule is Cc1cc(Br)c2nc(C(C)C)cc(NN)c2c1. The van der Waals surface area contributed by atoms with Gasteiger partial charge in [-0.25, -0.2) is 0 Å². The molecule has 90 valence electrons. The Morgan fingerprint density at radius 2 is 2.00 bits per heavy atom. The van der Waals surface area contributed by atoms with Crippen LogP contribution < -0.4 is 11.3 Å². The lowest BCUT2D eigenvalue weighted by atomic mass is 10.1. The van der Waals surface area contributed by atoms with E-state index in [1.807, 2.05) is 6.07 Å². The number of rotatable bonds is 2. The van der Waals surface area contributed by atoms with Crippen molar-refractivity contribution in [2.24, 2.45) is 5.84 Å². The van der Waals surface area contributed by atoms with Gasteiger partial charge in [-0.2, -0.15) is 0 Å². The van der Waals surface area contributed by atoms with Crippen LogP contribution in [0.5, 0.6) is 0 Å². The van der Waals surface area contributed by atoms with Gasteiger partial charge in [-0.05, 0) is 52.5 Å². The number of hydrazine groups is 1. The number of nitrogens with two attached hydrogens (primary N) is 1. The van der Waals surface area contributed by atoms with Crippen LogP contribution in [0.2, 0.25) is 0 Å². The standard InChI is InChI=1S/C13H16BrN3/c1-7(2)11-6-12(17-15)9-4-8(3)5-10(14)13(9)16-11/h4-7H,15H2,1-3H3,(H,16,17). The Morgan fingerprint density at radius 1 is 1.29 bits per heavy atom. The molecular formula is C13H16BrN3. The molecule has 2 rings (SSSR count). The third-order valence-electron chi connectivity index (χ3n) is 2.78. The van der Waals surface area contributed by atoms with E-state index in [-0.39, 0.29) is 0 Å². The molecule has 0 spiro atoms. The van der Waals surface area contributed by atoms with Crippen LogP contribution in [0.4, 0.5) is 5.69 Å². The summed E-state index contributed by atoms with van der Waals surface area (Å²) in [7, 11) is 0. The summed E-state index contributed by atoms with van der Waals surface area (Å²) >= 11 is 3.56. The molecule has 0 aliphatic rings. The molecule has 0 amide bonds. The predicted molar refractivity (Wildman–Crippen MR) is 76.1 cm³/mol. The summed E-state index contributed by atoms with van der Waals surface area (Å²) in [6.07, 6.45) is 0. The molecule has 0 saturated heterocycles. The minimum atomic E-state index is 0.375. The predicted octanol–water partition coefficient (Wildman–Crippen LogP) is 3.71. The minimum absolute atomic E-state index is 0.375. The Balaban J connectivity index is 2.82. The lowest BCUT2D eigenvalue weighted by molar-refractivity contribution is 0.830. The number of nitrogens with zero attached hydrogens (tertiary/aromatic N) is 1. The average Bonchev–Trinajstić information content (AvgIpc) is 2.27. The zero-order valence-corrected chi connectivity index (χ0v) is 11.8. The van der Waals surface area contributed by atoms with Crippen molar-refractivity contribution >= 4 is 32.5 Å². The maximum atomic E-state index is 5.59. The Morgan fingerprint density at radius 3 is 2.59 bits per heavy atom. The summed E-state index contributed by atoms with van der Waals surface area (Å²) in [5.74, 6) is 5.97. The summed E-state index contributed by atoms with van der Waals surface area (Å²) in [5.41, 5.74) is 6.85. The van der Waals surface area contributed by atoms with Gasteiger partial charge in [0.1, 0.15) is 0 Å². The molecule has 0 atom stereocenters. The molecule has 17 heavy (non-hydrogen) atoms. The van der Waals surface area contributed by atoms with E-state index in [1.165, 1.54) is 5.56 Å². The highest BCUT2D eigenvalue weighted by atomic mass is 79.9. The Hall–Kier alpha value is -1.13. The van der Waals surface area contributed by atoms with E-state index >= 15 is 0 Å². The number of anilines is 1. The second-order valence-electron chi connectivity index (χ2n) is 4.54. The van der Waals surface area contributed by atoms with Crippen molar-refractivity contribution in [2.45, 2.75) is 26.7 Å². The largest absolute Gasteiger partial charge is 0.323 e.